The molecule has 1 aliphatic rings. The molecule has 3 aromatic carbocycles. The van der Waals surface area contributed by atoms with E-state index in [0.29, 0.717) is 32.7 Å². The quantitative estimate of drug-likeness (QED) is 0.177. The van der Waals surface area contributed by atoms with Gasteiger partial charge in [0.25, 0.3) is 5.91 Å². The van der Waals surface area contributed by atoms with Crippen molar-refractivity contribution in [2.24, 2.45) is 4.99 Å². The standard InChI is InChI=1S/C27H18Cl2N4O5S/c1-37-18-12-10-17(11-13-18)33-24(26(36)38-31-33)23(34)15-39-27-30-22(14-19-20(28)8-5-9-21(19)29)25(35)32(27)16-6-3-2-4-7-16/h2-14H,15H2,1H3/b22-14-. The highest BCUT2D eigenvalue weighted by atomic mass is 35.5. The number of amides is 1. The number of halogens is 2. The summed E-state index contributed by atoms with van der Waals surface area (Å²) in [6, 6.07) is 20.5. The van der Waals surface area contributed by atoms with Gasteiger partial charge in [-0.15, -0.1) is 0 Å². The predicted octanol–water partition coefficient (Wildman–Crippen LogP) is 4.70. The predicted molar refractivity (Wildman–Crippen MR) is 147 cm³/mol. The zero-order valence-corrected chi connectivity index (χ0v) is 22.5. The number of rotatable bonds is 7. The van der Waals surface area contributed by atoms with Crippen LogP contribution in [0.25, 0.3) is 11.8 Å². The van der Waals surface area contributed by atoms with Gasteiger partial charge < -0.3 is 14.4 Å². The summed E-state index contributed by atoms with van der Waals surface area (Å²) in [7, 11) is 1.53. The van der Waals surface area contributed by atoms with Gasteiger partial charge in [0, 0.05) is 27.7 Å². The number of anilines is 1. The lowest BCUT2D eigenvalue weighted by molar-refractivity contribution is -0.672. The van der Waals surface area contributed by atoms with Crippen molar-refractivity contribution in [3.05, 3.63) is 99.8 Å². The van der Waals surface area contributed by atoms with E-state index in [1.165, 1.54) is 18.1 Å². The Morgan fingerprint density at radius 2 is 1.77 bits per heavy atom. The van der Waals surface area contributed by atoms with Crippen LogP contribution in [0, 0.1) is 0 Å². The topological polar surface area (TPSA) is 112 Å². The minimum Gasteiger partial charge on any atom is -0.539 e. The van der Waals surface area contributed by atoms with Gasteiger partial charge in [0.05, 0.1) is 23.8 Å². The van der Waals surface area contributed by atoms with Gasteiger partial charge in [-0.05, 0) is 47.2 Å². The summed E-state index contributed by atoms with van der Waals surface area (Å²) in [4.78, 5) is 32.5. The van der Waals surface area contributed by atoms with E-state index in [2.05, 4.69) is 10.3 Å². The summed E-state index contributed by atoms with van der Waals surface area (Å²) in [6.45, 7) is 0. The molecule has 196 valence electrons. The van der Waals surface area contributed by atoms with Gasteiger partial charge in [-0.1, -0.05) is 59.2 Å². The van der Waals surface area contributed by atoms with Crippen LogP contribution in [0.3, 0.4) is 0 Å². The normalized spacial score (nSPS) is 14.1. The fourth-order valence-electron chi connectivity index (χ4n) is 3.76. The SMILES string of the molecule is COc1ccc(-[n+]2noc([O-])c2C(=O)CSC2=N/C(=C\c3c(Cl)cccc3Cl)C(=O)N2c2ccccc2)cc1. The minimum absolute atomic E-state index is 0.0894. The number of methoxy groups -OCH3 is 1. The Hall–Kier alpha value is -4.12. The van der Waals surface area contributed by atoms with Crippen LogP contribution in [0.1, 0.15) is 16.1 Å². The zero-order valence-electron chi connectivity index (χ0n) is 20.2. The van der Waals surface area contributed by atoms with Gasteiger partial charge in [-0.25, -0.2) is 4.99 Å². The van der Waals surface area contributed by atoms with Gasteiger partial charge in [-0.2, -0.15) is 0 Å². The summed E-state index contributed by atoms with van der Waals surface area (Å²) < 4.78 is 11.1. The van der Waals surface area contributed by atoms with Crippen LogP contribution < -0.4 is 19.4 Å². The van der Waals surface area contributed by atoms with Crippen LogP contribution in [-0.4, -0.2) is 35.0 Å². The van der Waals surface area contributed by atoms with E-state index >= 15 is 0 Å². The molecule has 0 radical (unpaired) electrons. The molecule has 0 aliphatic carbocycles. The van der Waals surface area contributed by atoms with Crippen molar-refractivity contribution in [2.75, 3.05) is 17.8 Å². The van der Waals surface area contributed by atoms with Gasteiger partial charge in [-0.3, -0.25) is 14.5 Å². The zero-order chi connectivity index (χ0) is 27.5. The third-order valence-electron chi connectivity index (χ3n) is 5.65. The Bertz CT molecular complexity index is 1600. The first-order valence-corrected chi connectivity index (χ1v) is 13.1. The van der Waals surface area contributed by atoms with E-state index in [4.69, 9.17) is 32.5 Å². The number of Topliss-reactive ketones (excluding diaryl/α,β-unsaturated/α-hetero) is 1. The molecule has 39 heavy (non-hydrogen) atoms. The van der Waals surface area contributed by atoms with Crippen molar-refractivity contribution < 1.29 is 28.6 Å². The Kier molecular flexibility index (Phi) is 7.69. The molecule has 0 unspecified atom stereocenters. The second-order valence-electron chi connectivity index (χ2n) is 8.07. The van der Waals surface area contributed by atoms with Crippen LogP contribution in [0.4, 0.5) is 5.69 Å². The summed E-state index contributed by atoms with van der Waals surface area (Å²) in [5.41, 5.74) is 1.27. The number of carbonyl (C=O) groups is 2. The maximum atomic E-state index is 13.4. The molecule has 0 N–H and O–H groups in total. The maximum Gasteiger partial charge on any atom is 0.307 e. The van der Waals surface area contributed by atoms with Crippen LogP contribution in [0.2, 0.25) is 10.0 Å². The lowest BCUT2D eigenvalue weighted by Crippen LogP contribution is -2.39. The molecular formula is C27H18Cl2N4O5S. The van der Waals surface area contributed by atoms with E-state index in [1.807, 2.05) is 6.07 Å². The average Bonchev–Trinajstić information content (AvgIpc) is 3.49. The number of ketones is 1. The van der Waals surface area contributed by atoms with Crippen LogP contribution in [0.5, 0.6) is 11.7 Å². The summed E-state index contributed by atoms with van der Waals surface area (Å²) >= 11 is 13.6. The molecule has 0 bridgehead atoms. The van der Waals surface area contributed by atoms with Crippen LogP contribution in [0.15, 0.2) is 88.0 Å². The molecule has 1 aromatic heterocycles. The first-order chi connectivity index (χ1) is 18.9. The highest BCUT2D eigenvalue weighted by Gasteiger charge is 2.34. The molecule has 12 heteroatoms. The molecule has 0 spiro atoms. The highest BCUT2D eigenvalue weighted by molar-refractivity contribution is 8.14. The van der Waals surface area contributed by atoms with E-state index in [-0.39, 0.29) is 22.3 Å². The average molecular weight is 581 g/mol. The molecule has 0 fully saturated rings. The highest BCUT2D eigenvalue weighted by Crippen LogP contribution is 2.33. The maximum absolute atomic E-state index is 13.4. The van der Waals surface area contributed by atoms with Crippen LogP contribution >= 0.6 is 35.0 Å². The van der Waals surface area contributed by atoms with Crippen molar-refractivity contribution in [1.82, 2.24) is 5.27 Å². The number of nitrogens with zero attached hydrogens (tertiary/aromatic N) is 4. The van der Waals surface area contributed by atoms with Crippen molar-refractivity contribution in [3.63, 3.8) is 0 Å². The molecule has 1 amide bonds. The first kappa shape index (κ1) is 26.5. The number of benzene rings is 3. The Morgan fingerprint density at radius 3 is 2.44 bits per heavy atom. The molecule has 0 atom stereocenters. The van der Waals surface area contributed by atoms with E-state index in [9.17, 15) is 14.7 Å². The molecule has 1 aliphatic heterocycles. The van der Waals surface area contributed by atoms with Crippen LogP contribution in [-0.2, 0) is 4.79 Å². The largest absolute Gasteiger partial charge is 0.539 e. The second-order valence-corrected chi connectivity index (χ2v) is 9.82. The Balaban J connectivity index is 1.45. The second kappa shape index (κ2) is 11.3. The smallest absolute Gasteiger partial charge is 0.307 e. The third-order valence-corrected chi connectivity index (χ3v) is 7.25. The molecule has 2 heterocycles. The van der Waals surface area contributed by atoms with Crippen molar-refractivity contribution in [2.45, 2.75) is 0 Å². The van der Waals surface area contributed by atoms with E-state index < -0.39 is 17.6 Å². The summed E-state index contributed by atoms with van der Waals surface area (Å²) in [5.74, 6) is -1.48. The summed E-state index contributed by atoms with van der Waals surface area (Å²) in [6.07, 6.45) is 1.51. The number of hydrogen-bond donors (Lipinski definition) is 0. The number of thioether (sulfide) groups is 1. The third kappa shape index (κ3) is 5.40. The summed E-state index contributed by atoms with van der Waals surface area (Å²) in [5, 5.41) is 17.1. The molecule has 9 nitrogen and oxygen atoms in total. The van der Waals surface area contributed by atoms with Gasteiger partial charge in [0.15, 0.2) is 11.1 Å². The van der Waals surface area contributed by atoms with Gasteiger partial charge in [0.1, 0.15) is 11.4 Å². The Morgan fingerprint density at radius 1 is 1.08 bits per heavy atom. The number of carbonyl (C=O) groups excluding carboxylic acids is 2. The van der Waals surface area contributed by atoms with E-state index in [1.54, 1.807) is 66.7 Å². The van der Waals surface area contributed by atoms with Crippen molar-refractivity contribution >= 4 is 63.6 Å². The fourth-order valence-corrected chi connectivity index (χ4v) is 5.15. The lowest BCUT2D eigenvalue weighted by atomic mass is 10.2. The molecule has 4 aromatic rings. The number of ether oxygens (including phenoxy) is 1. The first-order valence-electron chi connectivity index (χ1n) is 11.4. The monoisotopic (exact) mass is 580 g/mol. The number of aromatic nitrogens is 2. The van der Waals surface area contributed by atoms with Crippen molar-refractivity contribution in [3.8, 4) is 17.4 Å². The van der Waals surface area contributed by atoms with E-state index in [0.717, 1.165) is 16.4 Å². The number of amidine groups is 1. The molecule has 5 rings (SSSR count). The Labute approximate surface area is 236 Å². The minimum atomic E-state index is -0.880. The molecular weight excluding hydrogens is 563 g/mol. The number of para-hydroxylation sites is 1. The van der Waals surface area contributed by atoms with Gasteiger partial charge >= 0.3 is 5.69 Å². The van der Waals surface area contributed by atoms with Crippen molar-refractivity contribution in [1.29, 1.82) is 0 Å². The van der Waals surface area contributed by atoms with Gasteiger partial charge in [0.2, 0.25) is 11.5 Å². The number of hydrogen-bond acceptors (Lipinski definition) is 8. The fraction of sp³-hybridized carbons (Fsp3) is 0.0741. The number of aliphatic imine (C=N–C) groups is 1. The lowest BCUT2D eigenvalue weighted by Gasteiger charge is -2.17. The molecule has 0 saturated carbocycles. The molecule has 0 saturated heterocycles.